The number of anilines is 4. The van der Waals surface area contributed by atoms with Gasteiger partial charge in [0.15, 0.2) is 23.7 Å². The van der Waals surface area contributed by atoms with Crippen LogP contribution in [0.1, 0.15) is 25.8 Å². The maximum atomic E-state index is 15.5. The number of hydrogen-bond acceptors (Lipinski definition) is 8. The minimum atomic E-state index is -1.51. The average Bonchev–Trinajstić information content (AvgIpc) is 3.35. The van der Waals surface area contributed by atoms with Crippen LogP contribution in [0.25, 0.3) is 0 Å². The average molecular weight is 544 g/mol. The molecule has 2 atom stereocenters. The van der Waals surface area contributed by atoms with Crippen LogP contribution >= 0.6 is 0 Å². The van der Waals surface area contributed by atoms with Gasteiger partial charge in [0, 0.05) is 37.5 Å². The molecule has 2 aromatic carbocycles. The molecule has 4 rings (SSSR count). The first kappa shape index (κ1) is 28.1. The second kappa shape index (κ2) is 11.5. The molecule has 0 aliphatic carbocycles. The van der Waals surface area contributed by atoms with E-state index in [1.54, 1.807) is 6.92 Å². The Labute approximate surface area is 225 Å². The molecule has 1 fully saturated rings. The number of hydrazone groups is 2. The van der Waals surface area contributed by atoms with E-state index in [1.165, 1.54) is 29.3 Å². The third-order valence-corrected chi connectivity index (χ3v) is 6.81. The van der Waals surface area contributed by atoms with E-state index < -0.39 is 35.3 Å². The number of aliphatic hydroxyl groups is 1. The molecule has 208 valence electrons. The Bertz CT molecular complexity index is 1310. The molecule has 2 aliphatic heterocycles. The van der Waals surface area contributed by atoms with Gasteiger partial charge in [-0.15, -0.1) is 0 Å². The Morgan fingerprint density at radius 1 is 1.28 bits per heavy atom. The minimum Gasteiger partial charge on any atom is -0.369 e. The monoisotopic (exact) mass is 543 g/mol. The smallest absolute Gasteiger partial charge is 0.276 e. The number of para-hydroxylation sites is 1. The van der Waals surface area contributed by atoms with E-state index in [-0.39, 0.29) is 29.0 Å². The number of amides is 1. The number of nitrogens with one attached hydrogen (secondary N) is 1. The highest BCUT2D eigenvalue weighted by Gasteiger charge is 2.31. The zero-order valence-corrected chi connectivity index (χ0v) is 22.0. The molecule has 2 heterocycles. The molecule has 1 amide bonds. The van der Waals surface area contributed by atoms with E-state index >= 15 is 4.39 Å². The molecule has 4 N–H and O–H groups in total. The van der Waals surface area contributed by atoms with Crippen molar-refractivity contribution in [3.05, 3.63) is 59.4 Å². The summed E-state index contributed by atoms with van der Waals surface area (Å²) < 4.78 is 44.3. The normalized spacial score (nSPS) is 18.9. The summed E-state index contributed by atoms with van der Waals surface area (Å²) in [5.41, 5.74) is 6.62. The van der Waals surface area contributed by atoms with Gasteiger partial charge in [-0.3, -0.25) is 9.80 Å². The third-order valence-electron chi connectivity index (χ3n) is 6.81. The van der Waals surface area contributed by atoms with Gasteiger partial charge in [0.1, 0.15) is 17.1 Å². The molecule has 9 nitrogen and oxygen atoms in total. The Morgan fingerprint density at radius 2 is 1.97 bits per heavy atom. The van der Waals surface area contributed by atoms with Gasteiger partial charge in [-0.25, -0.2) is 18.2 Å². The maximum absolute atomic E-state index is 15.5. The molecule has 2 aromatic rings. The van der Waals surface area contributed by atoms with Crippen molar-refractivity contribution in [3.8, 4) is 0 Å². The van der Waals surface area contributed by atoms with Crippen LogP contribution in [0.3, 0.4) is 0 Å². The zero-order valence-electron chi connectivity index (χ0n) is 22.0. The van der Waals surface area contributed by atoms with Crippen LogP contribution in [0.4, 0.5) is 35.9 Å². The summed E-state index contributed by atoms with van der Waals surface area (Å²) in [6.45, 7) is 10.8. The van der Waals surface area contributed by atoms with E-state index in [0.29, 0.717) is 35.9 Å². The second-order valence-electron chi connectivity index (χ2n) is 9.77. The Kier molecular flexibility index (Phi) is 8.26. The summed E-state index contributed by atoms with van der Waals surface area (Å²) in [4.78, 5) is 15.4. The van der Waals surface area contributed by atoms with Gasteiger partial charge in [-0.1, -0.05) is 6.07 Å². The Hall–Kier alpha value is -3.90. The van der Waals surface area contributed by atoms with Crippen molar-refractivity contribution in [2.75, 3.05) is 39.9 Å². The van der Waals surface area contributed by atoms with Crippen LogP contribution in [-0.4, -0.2) is 55.3 Å². The lowest BCUT2D eigenvalue weighted by molar-refractivity contribution is -0.110. The lowest BCUT2D eigenvalue weighted by atomic mass is 10.1. The maximum Gasteiger partial charge on any atom is 0.276 e. The number of carbonyl (C=O) groups is 1. The molecule has 39 heavy (non-hydrogen) atoms. The summed E-state index contributed by atoms with van der Waals surface area (Å²) in [5.74, 6) is -3.06. The summed E-state index contributed by atoms with van der Waals surface area (Å²) in [6, 6.07) is 4.23. The highest BCUT2D eigenvalue weighted by atomic mass is 19.1. The van der Waals surface area contributed by atoms with Gasteiger partial charge in [0.05, 0.1) is 11.4 Å². The molecule has 0 saturated carbocycles. The van der Waals surface area contributed by atoms with Crippen molar-refractivity contribution < 1.29 is 23.1 Å². The lowest BCUT2D eigenvalue weighted by Gasteiger charge is -2.31. The molecule has 1 saturated heterocycles. The molecule has 0 spiro atoms. The van der Waals surface area contributed by atoms with Crippen molar-refractivity contribution in [2.45, 2.75) is 39.5 Å². The van der Waals surface area contributed by atoms with Crippen LogP contribution in [0.5, 0.6) is 0 Å². The Balaban J connectivity index is 1.74. The molecular weight excluding hydrogens is 511 g/mol. The van der Waals surface area contributed by atoms with Crippen molar-refractivity contribution in [1.29, 1.82) is 0 Å². The van der Waals surface area contributed by atoms with Gasteiger partial charge < -0.3 is 21.1 Å². The van der Waals surface area contributed by atoms with Crippen LogP contribution < -0.4 is 26.0 Å². The fourth-order valence-electron chi connectivity index (χ4n) is 4.93. The number of aliphatic hydroxyl groups excluding tert-OH is 1. The van der Waals surface area contributed by atoms with Crippen LogP contribution in [0.2, 0.25) is 0 Å². The first-order valence-electron chi connectivity index (χ1n) is 12.6. The number of halogens is 3. The molecule has 0 bridgehead atoms. The molecular formula is C27H32F3N7O2. The number of hydrogen-bond donors (Lipinski definition) is 3. The summed E-state index contributed by atoms with van der Waals surface area (Å²) in [5, 5.41) is 23.2. The number of carbonyl (C=O) groups excluding carboxylic acids is 1. The first-order valence-corrected chi connectivity index (χ1v) is 12.6. The van der Waals surface area contributed by atoms with Crippen LogP contribution in [0.15, 0.2) is 46.6 Å². The predicted octanol–water partition coefficient (Wildman–Crippen LogP) is 3.72. The quantitative estimate of drug-likeness (QED) is 0.346. The topological polar surface area (TPSA) is 110 Å². The lowest BCUT2D eigenvalue weighted by Crippen LogP contribution is -2.37. The second-order valence-corrected chi connectivity index (χ2v) is 9.77. The van der Waals surface area contributed by atoms with Gasteiger partial charge >= 0.3 is 0 Å². The summed E-state index contributed by atoms with van der Waals surface area (Å²) in [7, 11) is 0. The van der Waals surface area contributed by atoms with Gasteiger partial charge in [-0.05, 0) is 63.9 Å². The van der Waals surface area contributed by atoms with E-state index in [4.69, 9.17) is 5.73 Å². The van der Waals surface area contributed by atoms with Crippen molar-refractivity contribution >= 4 is 41.1 Å². The number of nitrogens with two attached hydrogens (primary N) is 1. The van der Waals surface area contributed by atoms with Crippen LogP contribution in [0, 0.1) is 30.3 Å². The SMILES string of the molecule is C=NN(c1c(F)cc(NC(=O)C2=NN(c3c(F)cccc3F)C(O)C=C2)c(N2CC[C@@H](CN)C2)c1C)C(C)C. The highest BCUT2D eigenvalue weighted by Crippen LogP contribution is 2.41. The van der Waals surface area contributed by atoms with E-state index in [9.17, 15) is 18.7 Å². The molecule has 12 heteroatoms. The van der Waals surface area contributed by atoms with Crippen molar-refractivity contribution in [1.82, 2.24) is 0 Å². The van der Waals surface area contributed by atoms with Crippen molar-refractivity contribution in [3.63, 3.8) is 0 Å². The predicted molar refractivity (Wildman–Crippen MR) is 148 cm³/mol. The number of nitrogens with zero attached hydrogens (tertiary/aromatic N) is 5. The first-order chi connectivity index (χ1) is 18.6. The molecule has 1 unspecified atom stereocenters. The summed E-state index contributed by atoms with van der Waals surface area (Å²) in [6.07, 6.45) is 1.73. The third kappa shape index (κ3) is 5.48. The highest BCUT2D eigenvalue weighted by molar-refractivity contribution is 6.47. The van der Waals surface area contributed by atoms with Gasteiger partial charge in [-0.2, -0.15) is 10.2 Å². The largest absolute Gasteiger partial charge is 0.369 e. The molecule has 2 aliphatic rings. The summed E-state index contributed by atoms with van der Waals surface area (Å²) >= 11 is 0. The molecule has 0 aromatic heterocycles. The fraction of sp³-hybridized carbons (Fsp3) is 0.370. The fourth-order valence-corrected chi connectivity index (χ4v) is 4.93. The van der Waals surface area contributed by atoms with Gasteiger partial charge in [0.25, 0.3) is 5.91 Å². The van der Waals surface area contributed by atoms with E-state index in [0.717, 1.165) is 18.6 Å². The molecule has 0 radical (unpaired) electrons. The number of rotatable bonds is 8. The van der Waals surface area contributed by atoms with Gasteiger partial charge in [0.2, 0.25) is 0 Å². The van der Waals surface area contributed by atoms with Crippen molar-refractivity contribution in [2.24, 2.45) is 21.9 Å². The zero-order chi connectivity index (χ0) is 28.4. The number of benzene rings is 2. The standard InChI is InChI=1S/C27H32F3N7O2/c1-15(2)36(32-4)24-16(3)25(35-11-10-17(13-31)14-35)22(12-20(24)30)33-27(39)21-8-9-23(38)37(34-21)26-18(28)6-5-7-19(26)29/h5-9,12,15,17,23,38H,4,10-11,13-14,31H2,1-3H3,(H,33,39)/t17-,23?/m0/s1. The minimum absolute atomic E-state index is 0.183. The van der Waals surface area contributed by atoms with E-state index in [1.807, 2.05) is 18.7 Å². The van der Waals surface area contributed by atoms with Crippen LogP contribution in [-0.2, 0) is 4.79 Å². The Morgan fingerprint density at radius 3 is 2.56 bits per heavy atom. The van der Waals surface area contributed by atoms with E-state index in [2.05, 4.69) is 22.2 Å².